The molecule has 1 unspecified atom stereocenters. The molecule has 0 radical (unpaired) electrons. The highest BCUT2D eigenvalue weighted by atomic mass is 35.5. The first-order valence-corrected chi connectivity index (χ1v) is 12.2. The van der Waals surface area contributed by atoms with Crippen LogP contribution in [0.5, 0.6) is 11.5 Å². The van der Waals surface area contributed by atoms with Gasteiger partial charge in [-0.25, -0.2) is 4.68 Å². The van der Waals surface area contributed by atoms with Crippen molar-refractivity contribution in [2.45, 2.75) is 31.7 Å². The molecule has 0 fully saturated rings. The molecule has 1 amide bonds. The lowest BCUT2D eigenvalue weighted by Gasteiger charge is -2.28. The van der Waals surface area contributed by atoms with Gasteiger partial charge in [0.25, 0.3) is 0 Å². The fourth-order valence-electron chi connectivity index (χ4n) is 3.71. The van der Waals surface area contributed by atoms with Crippen LogP contribution in [0.2, 0.25) is 10.0 Å². The van der Waals surface area contributed by atoms with Crippen molar-refractivity contribution in [3.05, 3.63) is 68.8 Å². The molecule has 8 nitrogen and oxygen atoms in total. The number of aromatic nitrogens is 3. The van der Waals surface area contributed by atoms with Crippen LogP contribution in [0.15, 0.2) is 52.8 Å². The maximum Gasteiger partial charge on any atom is 0.248 e. The molecule has 1 aliphatic heterocycles. The molecule has 0 saturated carbocycles. The minimum Gasteiger partial charge on any atom is -0.493 e. The number of primary amides is 1. The third-order valence-electron chi connectivity index (χ3n) is 5.25. The molecule has 2 aromatic carbocycles. The van der Waals surface area contributed by atoms with Gasteiger partial charge in [-0.2, -0.15) is 4.98 Å². The second kappa shape index (κ2) is 10.2. The average molecular weight is 520 g/mol. The number of halogens is 2. The Hall–Kier alpha value is -2.88. The zero-order valence-corrected chi connectivity index (χ0v) is 21.1. The van der Waals surface area contributed by atoms with E-state index in [4.69, 9.17) is 38.4 Å². The van der Waals surface area contributed by atoms with Gasteiger partial charge in [-0.15, -0.1) is 5.10 Å². The molecule has 1 aliphatic rings. The Labute approximate surface area is 211 Å². The van der Waals surface area contributed by atoms with Crippen LogP contribution >= 0.6 is 35.0 Å². The Bertz CT molecular complexity index is 1280. The molecule has 3 N–H and O–H groups in total. The first-order valence-electron chi connectivity index (χ1n) is 10.4. The summed E-state index contributed by atoms with van der Waals surface area (Å²) in [6.07, 6.45) is 0. The van der Waals surface area contributed by atoms with Gasteiger partial charge in [0.2, 0.25) is 17.0 Å². The molecule has 2 heterocycles. The van der Waals surface area contributed by atoms with Crippen LogP contribution in [0.1, 0.15) is 31.0 Å². The summed E-state index contributed by atoms with van der Waals surface area (Å²) in [7, 11) is 1.56. The molecule has 4 rings (SSSR count). The Morgan fingerprint density at radius 3 is 2.68 bits per heavy atom. The number of thioether (sulfide) groups is 1. The maximum absolute atomic E-state index is 12.4. The Kier molecular flexibility index (Phi) is 7.25. The molecule has 1 aromatic heterocycles. The summed E-state index contributed by atoms with van der Waals surface area (Å²) in [6, 6.07) is 10.2. The Morgan fingerprint density at radius 1 is 1.21 bits per heavy atom. The van der Waals surface area contributed by atoms with Crippen LogP contribution in [0.4, 0.5) is 5.95 Å². The number of benzene rings is 2. The minimum atomic E-state index is -0.564. The van der Waals surface area contributed by atoms with E-state index in [0.717, 1.165) is 16.9 Å². The van der Waals surface area contributed by atoms with Gasteiger partial charge in [0.1, 0.15) is 12.6 Å². The van der Waals surface area contributed by atoms with Gasteiger partial charge in [-0.3, -0.25) is 4.79 Å². The van der Waals surface area contributed by atoms with Crippen LogP contribution in [0, 0.1) is 0 Å². The standard InChI is InChI=1S/C23H23Cl2N5O3S/c1-4-34-23-28-22-27-12(2)19(21(26)31)20(30(22)29-23)14-6-8-17(18(10-14)32-3)33-11-13-5-7-15(24)16(25)9-13/h5-10,20H,4,11H2,1-3H3,(H2,26,31)(H,27,28,29). The Balaban J connectivity index is 1.68. The van der Waals surface area contributed by atoms with E-state index in [1.54, 1.807) is 36.9 Å². The molecule has 0 aliphatic carbocycles. The third kappa shape index (κ3) is 4.82. The molecule has 178 valence electrons. The van der Waals surface area contributed by atoms with Gasteiger partial charge in [-0.05, 0) is 48.1 Å². The SMILES string of the molecule is CCSc1nc2n(n1)C(c1ccc(OCc3ccc(Cl)c(Cl)c3)c(OC)c1)C(C(N)=O)=C(C)N2. The van der Waals surface area contributed by atoms with Gasteiger partial charge in [0.15, 0.2) is 11.5 Å². The molecular weight excluding hydrogens is 497 g/mol. The average Bonchev–Trinajstić information content (AvgIpc) is 3.20. The predicted molar refractivity (Wildman–Crippen MR) is 134 cm³/mol. The summed E-state index contributed by atoms with van der Waals surface area (Å²) in [5.41, 5.74) is 8.41. The number of rotatable bonds is 8. The van der Waals surface area contributed by atoms with Crippen LogP contribution in [-0.4, -0.2) is 33.5 Å². The van der Waals surface area contributed by atoms with Crippen molar-refractivity contribution in [1.29, 1.82) is 0 Å². The van der Waals surface area contributed by atoms with Crippen molar-refractivity contribution in [1.82, 2.24) is 14.8 Å². The molecule has 0 saturated heterocycles. The number of carbonyl (C=O) groups excluding carboxylic acids is 1. The fourth-order valence-corrected chi connectivity index (χ4v) is 4.59. The number of amides is 1. The molecule has 0 bridgehead atoms. The second-order valence-electron chi connectivity index (χ2n) is 7.47. The molecule has 1 atom stereocenters. The van der Waals surface area contributed by atoms with E-state index in [0.29, 0.717) is 43.9 Å². The number of ether oxygens (including phenoxy) is 2. The first-order chi connectivity index (χ1) is 16.3. The van der Waals surface area contributed by atoms with E-state index in [2.05, 4.69) is 15.4 Å². The van der Waals surface area contributed by atoms with Crippen molar-refractivity contribution in [2.75, 3.05) is 18.2 Å². The van der Waals surface area contributed by atoms with E-state index < -0.39 is 11.9 Å². The zero-order valence-electron chi connectivity index (χ0n) is 18.8. The van der Waals surface area contributed by atoms with Crippen LogP contribution < -0.4 is 20.5 Å². The van der Waals surface area contributed by atoms with Crippen LogP contribution in [0.25, 0.3) is 0 Å². The molecule has 34 heavy (non-hydrogen) atoms. The van der Waals surface area contributed by atoms with Crippen molar-refractivity contribution in [2.24, 2.45) is 5.73 Å². The summed E-state index contributed by atoms with van der Waals surface area (Å²) in [6.45, 7) is 4.09. The van der Waals surface area contributed by atoms with Crippen molar-refractivity contribution in [3.63, 3.8) is 0 Å². The number of nitrogens with zero attached hydrogens (tertiary/aromatic N) is 3. The molecule has 11 heteroatoms. The van der Waals surface area contributed by atoms with E-state index >= 15 is 0 Å². The van der Waals surface area contributed by atoms with Gasteiger partial charge in [-0.1, -0.05) is 54.0 Å². The van der Waals surface area contributed by atoms with E-state index in [-0.39, 0.29) is 6.61 Å². The number of carbonyl (C=O) groups is 1. The number of methoxy groups -OCH3 is 1. The number of anilines is 1. The molecular formula is C23H23Cl2N5O3S. The minimum absolute atomic E-state index is 0.274. The number of nitrogens with one attached hydrogen (secondary N) is 1. The number of hydrogen-bond donors (Lipinski definition) is 2. The quantitative estimate of drug-likeness (QED) is 0.400. The number of hydrogen-bond acceptors (Lipinski definition) is 7. The van der Waals surface area contributed by atoms with Crippen LogP contribution in [0.3, 0.4) is 0 Å². The van der Waals surface area contributed by atoms with Crippen LogP contribution in [-0.2, 0) is 11.4 Å². The monoisotopic (exact) mass is 519 g/mol. The first kappa shape index (κ1) is 24.3. The maximum atomic E-state index is 12.4. The van der Waals surface area contributed by atoms with Gasteiger partial charge < -0.3 is 20.5 Å². The van der Waals surface area contributed by atoms with E-state index in [9.17, 15) is 4.79 Å². The number of allylic oxidation sites excluding steroid dienone is 1. The normalized spacial score (nSPS) is 15.0. The topological polar surface area (TPSA) is 104 Å². The van der Waals surface area contributed by atoms with E-state index in [1.807, 2.05) is 25.1 Å². The number of fused-ring (bicyclic) bond motifs is 1. The summed E-state index contributed by atoms with van der Waals surface area (Å²) in [5.74, 6) is 1.86. The Morgan fingerprint density at radius 2 is 2.00 bits per heavy atom. The van der Waals surface area contributed by atoms with Gasteiger partial charge in [0, 0.05) is 5.70 Å². The van der Waals surface area contributed by atoms with E-state index in [1.165, 1.54) is 11.8 Å². The van der Waals surface area contributed by atoms with Crippen molar-refractivity contribution in [3.8, 4) is 11.5 Å². The lowest BCUT2D eigenvalue weighted by atomic mass is 9.95. The summed E-state index contributed by atoms with van der Waals surface area (Å²) in [4.78, 5) is 16.9. The van der Waals surface area contributed by atoms with Gasteiger partial charge >= 0.3 is 0 Å². The predicted octanol–water partition coefficient (Wildman–Crippen LogP) is 5.06. The summed E-state index contributed by atoms with van der Waals surface area (Å²) in [5, 5.41) is 9.29. The highest BCUT2D eigenvalue weighted by Gasteiger charge is 2.33. The zero-order chi connectivity index (χ0) is 24.4. The highest BCUT2D eigenvalue weighted by Crippen LogP contribution is 2.39. The highest BCUT2D eigenvalue weighted by molar-refractivity contribution is 7.99. The lowest BCUT2D eigenvalue weighted by Crippen LogP contribution is -2.31. The second-order valence-corrected chi connectivity index (χ2v) is 9.52. The fraction of sp³-hybridized carbons (Fsp3) is 0.261. The largest absolute Gasteiger partial charge is 0.493 e. The van der Waals surface area contributed by atoms with Crippen molar-refractivity contribution < 1.29 is 14.3 Å². The van der Waals surface area contributed by atoms with Crippen molar-refractivity contribution >= 4 is 46.8 Å². The molecule has 0 spiro atoms. The smallest absolute Gasteiger partial charge is 0.248 e. The summed E-state index contributed by atoms with van der Waals surface area (Å²) >= 11 is 13.6. The third-order valence-corrected chi connectivity index (χ3v) is 6.71. The lowest BCUT2D eigenvalue weighted by molar-refractivity contribution is -0.115. The van der Waals surface area contributed by atoms with Gasteiger partial charge in [0.05, 0.1) is 22.7 Å². The number of nitrogens with two attached hydrogens (primary N) is 1. The molecule has 3 aromatic rings. The summed E-state index contributed by atoms with van der Waals surface area (Å²) < 4.78 is 13.2.